The summed E-state index contributed by atoms with van der Waals surface area (Å²) in [6.07, 6.45) is 0. The van der Waals surface area contributed by atoms with Crippen molar-refractivity contribution in [1.82, 2.24) is 4.98 Å². The molecule has 5 aromatic rings. The molecule has 0 saturated carbocycles. The van der Waals surface area contributed by atoms with E-state index >= 15 is 0 Å². The highest BCUT2D eigenvalue weighted by atomic mass is 79.9. The lowest BCUT2D eigenvalue weighted by Crippen LogP contribution is -1.87. The van der Waals surface area contributed by atoms with Gasteiger partial charge < -0.3 is 0 Å². The summed E-state index contributed by atoms with van der Waals surface area (Å²) in [6.45, 7) is 0. The summed E-state index contributed by atoms with van der Waals surface area (Å²) in [6, 6.07) is 29.4. The van der Waals surface area contributed by atoms with Crippen molar-refractivity contribution in [2.24, 2.45) is 0 Å². The largest absolute Gasteiger partial charge is 0.247 e. The molecular weight excluding hydrogens is 402 g/mol. The van der Waals surface area contributed by atoms with Crippen molar-refractivity contribution in [2.45, 2.75) is 0 Å². The van der Waals surface area contributed by atoms with Gasteiger partial charge in [0.15, 0.2) is 0 Å². The van der Waals surface area contributed by atoms with Crippen molar-refractivity contribution in [2.75, 3.05) is 0 Å². The van der Waals surface area contributed by atoms with Gasteiger partial charge in [-0.05, 0) is 27.6 Å². The van der Waals surface area contributed by atoms with Crippen LogP contribution in [0.25, 0.3) is 42.7 Å². The van der Waals surface area contributed by atoms with Gasteiger partial charge in [-0.2, -0.15) is 0 Å². The first-order chi connectivity index (χ1) is 12.8. The van der Waals surface area contributed by atoms with E-state index in [1.54, 1.807) is 0 Å². The molecule has 0 bridgehead atoms. The molecule has 0 aliphatic heterocycles. The molecule has 3 heteroatoms. The highest BCUT2D eigenvalue weighted by Crippen LogP contribution is 2.47. The normalized spacial score (nSPS) is 11.3. The Bertz CT molecular complexity index is 1230. The standard InChI is InChI=1S/C23H14BrNS/c24-20-19-21(15-9-3-1-4-10-15)25-18-14-8-7-13-17(18)23(19)26-22(20)16-11-5-2-6-12-16/h1-14H. The predicted octanol–water partition coefficient (Wildman–Crippen LogP) is 7.55. The topological polar surface area (TPSA) is 12.9 Å². The summed E-state index contributed by atoms with van der Waals surface area (Å²) in [4.78, 5) is 6.26. The average molecular weight is 416 g/mol. The summed E-state index contributed by atoms with van der Waals surface area (Å²) < 4.78 is 2.40. The Hall–Kier alpha value is -2.49. The Balaban J connectivity index is 1.93. The smallest absolute Gasteiger partial charge is 0.0808 e. The van der Waals surface area contributed by atoms with E-state index in [-0.39, 0.29) is 0 Å². The second-order valence-electron chi connectivity index (χ2n) is 6.16. The molecule has 0 atom stereocenters. The number of hydrogen-bond acceptors (Lipinski definition) is 2. The molecule has 0 amide bonds. The number of thiophene rings is 1. The van der Waals surface area contributed by atoms with Gasteiger partial charge in [-0.25, -0.2) is 4.98 Å². The van der Waals surface area contributed by atoms with Crippen LogP contribution < -0.4 is 0 Å². The van der Waals surface area contributed by atoms with E-state index in [1.807, 2.05) is 17.4 Å². The van der Waals surface area contributed by atoms with E-state index in [0.29, 0.717) is 0 Å². The summed E-state index contributed by atoms with van der Waals surface area (Å²) in [5.74, 6) is 0. The van der Waals surface area contributed by atoms with Crippen molar-refractivity contribution < 1.29 is 0 Å². The van der Waals surface area contributed by atoms with Gasteiger partial charge in [0.1, 0.15) is 0 Å². The van der Waals surface area contributed by atoms with E-state index in [9.17, 15) is 0 Å². The third-order valence-electron chi connectivity index (χ3n) is 4.55. The zero-order valence-corrected chi connectivity index (χ0v) is 16.2. The highest BCUT2D eigenvalue weighted by Gasteiger charge is 2.19. The Morgan fingerprint density at radius 1 is 0.692 bits per heavy atom. The first-order valence-corrected chi connectivity index (χ1v) is 10.1. The lowest BCUT2D eigenvalue weighted by atomic mass is 10.0. The van der Waals surface area contributed by atoms with Crippen LogP contribution >= 0.6 is 27.3 Å². The number of aromatic nitrogens is 1. The van der Waals surface area contributed by atoms with Crippen LogP contribution in [0.2, 0.25) is 0 Å². The van der Waals surface area contributed by atoms with Crippen molar-refractivity contribution in [1.29, 1.82) is 0 Å². The van der Waals surface area contributed by atoms with E-state index < -0.39 is 0 Å². The minimum atomic E-state index is 1.03. The first kappa shape index (κ1) is 15.7. The van der Waals surface area contributed by atoms with Crippen LogP contribution in [0.15, 0.2) is 89.4 Å². The number of rotatable bonds is 2. The van der Waals surface area contributed by atoms with Crippen LogP contribution in [-0.4, -0.2) is 4.98 Å². The fourth-order valence-electron chi connectivity index (χ4n) is 3.33. The number of benzene rings is 3. The van der Waals surface area contributed by atoms with Crippen LogP contribution in [0.4, 0.5) is 0 Å². The zero-order chi connectivity index (χ0) is 17.5. The molecule has 0 unspecified atom stereocenters. The monoisotopic (exact) mass is 415 g/mol. The molecule has 5 rings (SSSR count). The molecule has 2 aromatic heterocycles. The minimum absolute atomic E-state index is 1.03. The summed E-state index contributed by atoms with van der Waals surface area (Å²) in [5.41, 5.74) is 4.43. The van der Waals surface area contributed by atoms with Gasteiger partial charge in [0.05, 0.1) is 11.2 Å². The van der Waals surface area contributed by atoms with Gasteiger partial charge in [0.2, 0.25) is 0 Å². The number of nitrogens with zero attached hydrogens (tertiary/aromatic N) is 1. The van der Waals surface area contributed by atoms with Crippen LogP contribution in [0.1, 0.15) is 0 Å². The number of fused-ring (bicyclic) bond motifs is 3. The first-order valence-electron chi connectivity index (χ1n) is 8.44. The second-order valence-corrected chi connectivity index (χ2v) is 7.97. The summed E-state index contributed by atoms with van der Waals surface area (Å²) in [5, 5.41) is 2.40. The van der Waals surface area contributed by atoms with Gasteiger partial charge >= 0.3 is 0 Å². The molecule has 0 radical (unpaired) electrons. The molecule has 2 heterocycles. The van der Waals surface area contributed by atoms with Crippen LogP contribution in [0, 0.1) is 0 Å². The molecule has 124 valence electrons. The Morgan fingerprint density at radius 3 is 2.04 bits per heavy atom. The fraction of sp³-hybridized carbons (Fsp3) is 0. The Labute approximate surface area is 164 Å². The number of pyridine rings is 1. The molecule has 0 aliphatic carbocycles. The molecular formula is C23H14BrNS. The highest BCUT2D eigenvalue weighted by molar-refractivity contribution is 9.10. The SMILES string of the molecule is Brc1c(-c2ccccc2)sc2c1c(-c1ccccc1)nc1ccccc12. The third-order valence-corrected chi connectivity index (χ3v) is 6.88. The van der Waals surface area contributed by atoms with Crippen molar-refractivity contribution in [3.63, 3.8) is 0 Å². The molecule has 0 saturated heterocycles. The maximum atomic E-state index is 5.02. The van der Waals surface area contributed by atoms with Gasteiger partial charge in [-0.15, -0.1) is 11.3 Å². The van der Waals surface area contributed by atoms with Gasteiger partial charge in [-0.1, -0.05) is 78.9 Å². The van der Waals surface area contributed by atoms with Crippen LogP contribution in [0.3, 0.4) is 0 Å². The van der Waals surface area contributed by atoms with E-state index in [0.717, 1.165) is 21.2 Å². The van der Waals surface area contributed by atoms with Gasteiger partial charge in [0.25, 0.3) is 0 Å². The molecule has 3 aromatic carbocycles. The molecule has 0 aliphatic rings. The van der Waals surface area contributed by atoms with Gasteiger partial charge in [0, 0.05) is 30.4 Å². The summed E-state index contributed by atoms with van der Waals surface area (Å²) >= 11 is 5.72. The van der Waals surface area contributed by atoms with Crippen molar-refractivity contribution >= 4 is 48.3 Å². The second kappa shape index (κ2) is 6.35. The number of para-hydroxylation sites is 1. The zero-order valence-electron chi connectivity index (χ0n) is 13.8. The predicted molar refractivity (Wildman–Crippen MR) is 116 cm³/mol. The van der Waals surface area contributed by atoms with Gasteiger partial charge in [-0.3, -0.25) is 0 Å². The van der Waals surface area contributed by atoms with E-state index in [1.165, 1.54) is 25.9 Å². The maximum absolute atomic E-state index is 5.02. The Kier molecular flexibility index (Phi) is 3.84. The average Bonchev–Trinajstić information content (AvgIpc) is 3.06. The molecule has 0 spiro atoms. The molecule has 26 heavy (non-hydrogen) atoms. The molecule has 0 fully saturated rings. The summed E-state index contributed by atoms with van der Waals surface area (Å²) in [7, 11) is 0. The number of halogens is 1. The van der Waals surface area contributed by atoms with E-state index in [2.05, 4.69) is 94.8 Å². The quantitative estimate of drug-likeness (QED) is 0.290. The minimum Gasteiger partial charge on any atom is -0.247 e. The third kappa shape index (κ3) is 2.47. The fourth-order valence-corrected chi connectivity index (χ4v) is 5.55. The molecule has 1 nitrogen and oxygen atoms in total. The lowest BCUT2D eigenvalue weighted by molar-refractivity contribution is 1.43. The van der Waals surface area contributed by atoms with Crippen molar-refractivity contribution in [3.05, 3.63) is 89.4 Å². The van der Waals surface area contributed by atoms with Crippen LogP contribution in [-0.2, 0) is 0 Å². The van der Waals surface area contributed by atoms with E-state index in [4.69, 9.17) is 4.98 Å². The van der Waals surface area contributed by atoms with Crippen molar-refractivity contribution in [3.8, 4) is 21.7 Å². The maximum Gasteiger partial charge on any atom is 0.0808 e. The Morgan fingerprint density at radius 2 is 1.31 bits per heavy atom. The number of hydrogen-bond donors (Lipinski definition) is 0. The lowest BCUT2D eigenvalue weighted by Gasteiger charge is -2.07. The molecule has 0 N–H and O–H groups in total. The van der Waals surface area contributed by atoms with Crippen LogP contribution in [0.5, 0.6) is 0 Å².